The molecule has 0 bridgehead atoms. The molecule has 0 atom stereocenters. The zero-order valence-electron chi connectivity index (χ0n) is 30.2. The van der Waals surface area contributed by atoms with Crippen molar-refractivity contribution in [2.45, 2.75) is 58.9 Å². The zero-order chi connectivity index (χ0) is 36.9. The molecule has 4 N–H and O–H groups in total. The molecule has 4 aromatic rings. The fourth-order valence-electron chi connectivity index (χ4n) is 5.58. The summed E-state index contributed by atoms with van der Waals surface area (Å²) in [6, 6.07) is 14.9. The molecule has 0 unspecified atom stereocenters. The second kappa shape index (κ2) is 17.2. The van der Waals surface area contributed by atoms with E-state index in [2.05, 4.69) is 83.9 Å². The number of aromatic nitrogens is 1. The first-order valence-corrected chi connectivity index (χ1v) is 18.0. The zero-order valence-corrected chi connectivity index (χ0v) is 32.6. The highest BCUT2D eigenvalue weighted by Crippen LogP contribution is 2.37. The van der Waals surface area contributed by atoms with E-state index >= 15 is 0 Å². The van der Waals surface area contributed by atoms with Crippen LogP contribution in [0.25, 0.3) is 10.6 Å². The summed E-state index contributed by atoms with van der Waals surface area (Å²) in [5, 5.41) is 23.4. The van der Waals surface area contributed by atoms with E-state index in [-0.39, 0.29) is 46.5 Å². The summed E-state index contributed by atoms with van der Waals surface area (Å²) < 4.78 is 13.4. The number of aromatic hydroxyl groups is 1. The van der Waals surface area contributed by atoms with Crippen LogP contribution in [0, 0.1) is 5.82 Å². The molecule has 2 heterocycles. The molecule has 0 aliphatic carbocycles. The second-order valence-electron chi connectivity index (χ2n) is 14.7. The number of hydrogen-bond donors (Lipinski definition) is 4. The van der Waals surface area contributed by atoms with Gasteiger partial charge < -0.3 is 15.7 Å². The van der Waals surface area contributed by atoms with Crippen LogP contribution in [0.2, 0.25) is 5.02 Å². The minimum Gasteiger partial charge on any atom is -0.507 e. The Morgan fingerprint density at radius 1 is 0.942 bits per heavy atom. The lowest BCUT2D eigenvalue weighted by Crippen LogP contribution is -2.48. The van der Waals surface area contributed by atoms with Gasteiger partial charge in [-0.15, -0.1) is 23.7 Å². The summed E-state index contributed by atoms with van der Waals surface area (Å²) in [5.41, 5.74) is 7.68. The van der Waals surface area contributed by atoms with Crippen molar-refractivity contribution in [1.82, 2.24) is 20.2 Å². The molecule has 1 fully saturated rings. The molecule has 278 valence electrons. The summed E-state index contributed by atoms with van der Waals surface area (Å²) >= 11 is 7.35. The molecular weight excluding hydrogens is 724 g/mol. The summed E-state index contributed by atoms with van der Waals surface area (Å²) in [6.07, 6.45) is 1.52. The number of anilines is 2. The predicted molar refractivity (Wildman–Crippen MR) is 212 cm³/mol. The Morgan fingerprint density at radius 3 is 2.21 bits per heavy atom. The van der Waals surface area contributed by atoms with Crippen LogP contribution in [0.3, 0.4) is 0 Å². The van der Waals surface area contributed by atoms with Crippen molar-refractivity contribution in [2.24, 2.45) is 5.10 Å². The number of amides is 3. The van der Waals surface area contributed by atoms with Crippen molar-refractivity contribution < 1.29 is 19.1 Å². The van der Waals surface area contributed by atoms with Crippen LogP contribution >= 0.6 is 35.3 Å². The average molecular weight is 771 g/mol. The first-order valence-electron chi connectivity index (χ1n) is 16.8. The Labute approximate surface area is 319 Å². The molecule has 14 heteroatoms. The molecular formula is C38H46Cl2FN7O3S. The van der Waals surface area contributed by atoms with Gasteiger partial charge in [-0.2, -0.15) is 5.10 Å². The Morgan fingerprint density at radius 2 is 1.58 bits per heavy atom. The predicted octanol–water partition coefficient (Wildman–Crippen LogP) is 8.24. The maximum Gasteiger partial charge on any atom is 0.323 e. The van der Waals surface area contributed by atoms with Crippen molar-refractivity contribution in [1.29, 1.82) is 0 Å². The SMILES string of the molecule is CC(C)(C)c1cc(/C=N/NC(=O)CN2CCN(Cc3csc(-c4ccc(NC(=O)Nc5ccc(F)c(Cl)c5)cc4)n3)CC2)c(O)c(C(C)(C)C)c1.Cl. The number of phenolic OH excluding ortho intramolecular Hbond substituents is 1. The van der Waals surface area contributed by atoms with E-state index in [0.717, 1.165) is 53.6 Å². The molecule has 1 aliphatic heterocycles. The first kappa shape index (κ1) is 40.7. The number of carbonyl (C=O) groups is 2. The Balaban J connectivity index is 0.00000605. The number of urea groups is 1. The maximum absolute atomic E-state index is 13.4. The Hall–Kier alpha value is -4.07. The number of rotatable bonds is 9. The molecule has 1 aliphatic rings. The summed E-state index contributed by atoms with van der Waals surface area (Å²) in [4.78, 5) is 34.3. The third kappa shape index (κ3) is 11.0. The number of benzene rings is 3. The number of halogens is 3. The monoisotopic (exact) mass is 769 g/mol. The largest absolute Gasteiger partial charge is 0.507 e. The Bertz CT molecular complexity index is 1900. The highest BCUT2D eigenvalue weighted by Gasteiger charge is 2.25. The van der Waals surface area contributed by atoms with Crippen LogP contribution < -0.4 is 16.1 Å². The highest BCUT2D eigenvalue weighted by atomic mass is 35.5. The average Bonchev–Trinajstić information content (AvgIpc) is 3.52. The van der Waals surface area contributed by atoms with E-state index in [0.29, 0.717) is 23.5 Å². The molecule has 3 amide bonds. The van der Waals surface area contributed by atoms with Gasteiger partial charge in [-0.3, -0.25) is 14.6 Å². The van der Waals surface area contributed by atoms with Gasteiger partial charge in [0.05, 0.1) is 23.5 Å². The number of nitrogens with zero attached hydrogens (tertiary/aromatic N) is 4. The van der Waals surface area contributed by atoms with Gasteiger partial charge >= 0.3 is 6.03 Å². The van der Waals surface area contributed by atoms with Crippen molar-refractivity contribution in [2.75, 3.05) is 43.4 Å². The number of hydrogen-bond acceptors (Lipinski definition) is 8. The highest BCUT2D eigenvalue weighted by molar-refractivity contribution is 7.13. The molecule has 5 rings (SSSR count). The normalized spacial score (nSPS) is 14.2. The van der Waals surface area contributed by atoms with Gasteiger partial charge in [0.25, 0.3) is 5.91 Å². The van der Waals surface area contributed by atoms with Crippen molar-refractivity contribution in [3.05, 3.63) is 93.2 Å². The van der Waals surface area contributed by atoms with Crippen molar-refractivity contribution in [3.63, 3.8) is 0 Å². The number of hydrazone groups is 1. The summed E-state index contributed by atoms with van der Waals surface area (Å²) in [5.74, 6) is -0.575. The molecule has 52 heavy (non-hydrogen) atoms. The smallest absolute Gasteiger partial charge is 0.323 e. The van der Waals surface area contributed by atoms with Gasteiger partial charge in [0.15, 0.2) is 0 Å². The number of piperazine rings is 1. The van der Waals surface area contributed by atoms with Crippen molar-refractivity contribution >= 4 is 64.9 Å². The lowest BCUT2D eigenvalue weighted by atomic mass is 9.79. The fourth-order valence-corrected chi connectivity index (χ4v) is 6.58. The third-order valence-electron chi connectivity index (χ3n) is 8.54. The lowest BCUT2D eigenvalue weighted by molar-refractivity contribution is -0.122. The summed E-state index contributed by atoms with van der Waals surface area (Å²) in [6.45, 7) is 16.6. The van der Waals surface area contributed by atoms with Gasteiger partial charge in [-0.25, -0.2) is 19.6 Å². The minimum atomic E-state index is -0.553. The van der Waals surface area contributed by atoms with Crippen LogP contribution in [-0.4, -0.2) is 70.8 Å². The van der Waals surface area contributed by atoms with Crippen LogP contribution in [0.5, 0.6) is 5.75 Å². The first-order chi connectivity index (χ1) is 24.0. The number of carbonyl (C=O) groups excluding carboxylic acids is 2. The molecule has 0 spiro atoms. The van der Waals surface area contributed by atoms with E-state index in [4.69, 9.17) is 16.6 Å². The molecule has 0 radical (unpaired) electrons. The quantitative estimate of drug-likeness (QED) is 0.101. The third-order valence-corrected chi connectivity index (χ3v) is 9.77. The van der Waals surface area contributed by atoms with E-state index in [9.17, 15) is 19.1 Å². The topological polar surface area (TPSA) is 122 Å². The molecule has 1 saturated heterocycles. The van der Waals surface area contributed by atoms with Crippen LogP contribution in [-0.2, 0) is 22.2 Å². The molecule has 10 nitrogen and oxygen atoms in total. The fraction of sp³-hybridized carbons (Fsp3) is 0.368. The van der Waals surface area contributed by atoms with Gasteiger partial charge in [-0.05, 0) is 64.9 Å². The number of nitrogens with one attached hydrogen (secondary N) is 3. The summed E-state index contributed by atoms with van der Waals surface area (Å²) in [7, 11) is 0. The van der Waals surface area contributed by atoms with Gasteiger partial charge in [-0.1, -0.05) is 59.2 Å². The van der Waals surface area contributed by atoms with Gasteiger partial charge in [0.1, 0.15) is 16.6 Å². The minimum absolute atomic E-state index is 0. The van der Waals surface area contributed by atoms with Crippen LogP contribution in [0.1, 0.15) is 63.9 Å². The lowest BCUT2D eigenvalue weighted by Gasteiger charge is -2.33. The maximum atomic E-state index is 13.4. The molecule has 0 saturated carbocycles. The number of phenols is 1. The van der Waals surface area contributed by atoms with Crippen LogP contribution in [0.4, 0.5) is 20.6 Å². The second-order valence-corrected chi connectivity index (χ2v) is 16.0. The number of thiazole rings is 1. The van der Waals surface area contributed by atoms with Gasteiger partial charge in [0.2, 0.25) is 0 Å². The van der Waals surface area contributed by atoms with E-state index in [1.165, 1.54) is 24.4 Å². The Kier molecular flexibility index (Phi) is 13.4. The van der Waals surface area contributed by atoms with Crippen molar-refractivity contribution in [3.8, 4) is 16.3 Å². The standard InChI is InChI=1S/C38H45ClFN7O3S.ClH/c1-37(2,3)26-17-25(34(49)30(18-26)38(4,5)6)20-41-45-33(48)22-47-15-13-46(14-16-47)21-29-23-51-35(42-29)24-7-9-27(10-8-24)43-36(50)44-28-11-12-32(40)31(39)19-28;/h7-12,17-20,23,49H,13-16,21-22H2,1-6H3,(H,45,48)(H2,43,44,50);1H/b41-20+;. The molecule has 1 aromatic heterocycles. The van der Waals surface area contributed by atoms with E-state index in [1.54, 1.807) is 23.5 Å². The van der Waals surface area contributed by atoms with E-state index in [1.807, 2.05) is 18.2 Å². The van der Waals surface area contributed by atoms with Crippen LogP contribution in [0.15, 0.2) is 65.1 Å². The van der Waals surface area contributed by atoms with Gasteiger partial charge in [0, 0.05) is 66.2 Å². The van der Waals surface area contributed by atoms with E-state index < -0.39 is 11.8 Å². The molecule has 3 aromatic carbocycles.